The lowest BCUT2D eigenvalue weighted by molar-refractivity contribution is 0.0591. The molecule has 2 amide bonds. The van der Waals surface area contributed by atoms with Crippen molar-refractivity contribution in [3.05, 3.63) is 314 Å². The second-order valence-electron chi connectivity index (χ2n) is 21.5. The molecular formula is C76H63Br3N6O18. The van der Waals surface area contributed by atoms with Crippen molar-refractivity contribution in [3.63, 3.8) is 0 Å². The molecule has 27 heteroatoms. The average molecular weight is 1590 g/mol. The molecule has 2 heterocycles. The highest BCUT2D eigenvalue weighted by Gasteiger charge is 2.31. The van der Waals surface area contributed by atoms with Crippen molar-refractivity contribution in [3.8, 4) is 0 Å². The Morgan fingerprint density at radius 1 is 0.437 bits per heavy atom. The van der Waals surface area contributed by atoms with E-state index in [1.165, 1.54) is 85.7 Å². The highest BCUT2D eigenvalue weighted by atomic mass is 79.9. The number of fused-ring (bicyclic) bond motifs is 2. The van der Waals surface area contributed by atoms with Gasteiger partial charge in [-0.05, 0) is 163 Å². The van der Waals surface area contributed by atoms with Gasteiger partial charge in [-0.1, -0.05) is 121 Å². The molecule has 9 aromatic carbocycles. The summed E-state index contributed by atoms with van der Waals surface area (Å²) < 4.78 is 15.7. The second-order valence-corrected chi connectivity index (χ2v) is 23.8. The molecule has 2 aliphatic heterocycles. The maximum Gasteiger partial charge on any atom is 0.338 e. The summed E-state index contributed by atoms with van der Waals surface area (Å²) in [6.45, 7) is 26.6. The van der Waals surface area contributed by atoms with Crippen LogP contribution in [0.1, 0.15) is 138 Å². The van der Waals surface area contributed by atoms with Gasteiger partial charge in [0.2, 0.25) is 0 Å². The molecule has 0 aliphatic carbocycles. The van der Waals surface area contributed by atoms with Crippen molar-refractivity contribution >= 4 is 141 Å². The minimum Gasteiger partial charge on any atom is -0.478 e. The van der Waals surface area contributed by atoms with E-state index in [9.17, 15) is 47.9 Å². The van der Waals surface area contributed by atoms with E-state index in [0.29, 0.717) is 84.9 Å². The zero-order valence-electron chi connectivity index (χ0n) is 55.4. The maximum absolute atomic E-state index is 12.4. The first-order valence-corrected chi connectivity index (χ1v) is 32.5. The Hall–Kier alpha value is -12.6. The SMILES string of the molecule is COC(=O)c1ccc(Br)cc1C.Cc1cc(Br)ccc1C(=O)O.Nc1cccc(C(=O)O)c1.O=C(O)c1cccc(N2Cc3cc(C(=O)O)ccc3C2=O)c1.[2HH].[C-]#[N+]c1ccc(C(=O)OC)c(C)c1.[C-]#[N+]c1ccc(C(=O)OC)c(CBr)c1.[C-]#[N+]c1ccc2c(c1)CN(c1cccc(C(=O)O)c1)C2=O. The molecule has 0 saturated heterocycles. The number of methoxy groups -OCH3 is 3. The third-order valence-corrected chi connectivity index (χ3v) is 16.2. The number of halogens is 3. The number of nitrogens with two attached hydrogens (primary N) is 1. The summed E-state index contributed by atoms with van der Waals surface area (Å²) in [5, 5.41) is 44.7. The summed E-state index contributed by atoms with van der Waals surface area (Å²) in [7, 11) is 4.05. The normalized spacial score (nSPS) is 10.9. The molecule has 0 unspecified atom stereocenters. The molecule has 0 aromatic heterocycles. The lowest BCUT2D eigenvalue weighted by atomic mass is 10.1. The molecule has 0 spiro atoms. The Labute approximate surface area is 617 Å². The number of hydrogen-bond acceptors (Lipinski definition) is 14. The van der Waals surface area contributed by atoms with Crippen LogP contribution in [-0.4, -0.2) is 106 Å². The van der Waals surface area contributed by atoms with Gasteiger partial charge >= 0.3 is 47.8 Å². The van der Waals surface area contributed by atoms with Crippen LogP contribution in [0.4, 0.5) is 34.1 Å². The minimum atomic E-state index is -1.07. The van der Waals surface area contributed by atoms with Crippen molar-refractivity contribution in [1.82, 2.24) is 0 Å². The number of aryl methyl sites for hydroxylation is 3. The largest absolute Gasteiger partial charge is 0.478 e. The van der Waals surface area contributed by atoms with Crippen LogP contribution in [0.3, 0.4) is 0 Å². The number of anilines is 3. The molecule has 526 valence electrons. The van der Waals surface area contributed by atoms with E-state index in [-0.39, 0.29) is 59.9 Å². The number of nitrogen functional groups attached to an aromatic ring is 1. The number of esters is 3. The molecule has 0 radical (unpaired) electrons. The molecule has 9 aromatic rings. The van der Waals surface area contributed by atoms with Crippen LogP contribution in [0.15, 0.2) is 191 Å². The molecule has 0 fully saturated rings. The number of rotatable bonds is 11. The topological polar surface area (TPSA) is 345 Å². The van der Waals surface area contributed by atoms with E-state index in [4.69, 9.17) is 51.0 Å². The van der Waals surface area contributed by atoms with Crippen LogP contribution in [0, 0.1) is 40.5 Å². The lowest BCUT2D eigenvalue weighted by Crippen LogP contribution is -2.23. The van der Waals surface area contributed by atoms with Gasteiger partial charge in [0.25, 0.3) is 11.8 Å². The van der Waals surface area contributed by atoms with Gasteiger partial charge in [-0.3, -0.25) is 9.59 Å². The number of carboxylic acid groups (broad SMARTS) is 5. The standard InChI is InChI=1S/C16H10N2O3.C16H11NO5.C10H8BrNO2.C10H9NO2.C9H9BrO2.C8H7BrO2.C7H7NO2.H2/c1-17-12-5-6-14-11(7-12)9-18(15(14)19)13-4-2-3-10(8-13)16(20)21;18-14-13-5-4-10(16(21)22)6-11(13)8-17(14)12-3-1-2-9(7-12)15(19)20;1-12-8-3-4-9(10(13)14-2)7(5-8)6-11;1-7-6-8(11-2)4-5-9(7)10(12)13-3;1-6-5-7(10)3-4-8(6)9(11)12-2;1-5-4-6(9)2-3-7(5)8(10)11;8-6-3-1-2-5(4-6)7(9)10;/h2-8H,9H2,(H,20,21);1-7H,8H2,(H,19,20)(H,21,22);3-5H,6H2,2H3;4-6H,1,3H3;3-5H,1-2H3;2-4H,1H3,(H,10,11);1-4H,8H2,(H,9,10);1H/i;;;;;;;1+1. The zero-order valence-corrected chi connectivity index (χ0v) is 60.2. The van der Waals surface area contributed by atoms with E-state index in [1.54, 1.807) is 129 Å². The number of benzene rings is 9. The summed E-state index contributed by atoms with van der Waals surface area (Å²) in [5.41, 5.74) is 16.5. The maximum atomic E-state index is 12.4. The first-order chi connectivity index (χ1) is 48.9. The van der Waals surface area contributed by atoms with E-state index in [1.807, 2.05) is 19.1 Å². The van der Waals surface area contributed by atoms with Crippen molar-refractivity contribution < 1.29 is 89.1 Å². The van der Waals surface area contributed by atoms with Crippen LogP contribution in [0.2, 0.25) is 0 Å². The van der Waals surface area contributed by atoms with Crippen molar-refractivity contribution in [2.75, 3.05) is 36.9 Å². The van der Waals surface area contributed by atoms with E-state index in [0.717, 1.165) is 36.8 Å². The van der Waals surface area contributed by atoms with Crippen molar-refractivity contribution in [2.24, 2.45) is 0 Å². The number of carbonyl (C=O) groups is 10. The smallest absolute Gasteiger partial charge is 0.338 e. The number of nitrogens with zero attached hydrogens (tertiary/aromatic N) is 5. The molecule has 2 aliphatic rings. The molecule has 24 nitrogen and oxygen atoms in total. The Morgan fingerprint density at radius 2 is 0.796 bits per heavy atom. The van der Waals surface area contributed by atoms with Crippen molar-refractivity contribution in [2.45, 2.75) is 39.2 Å². The fraction of sp³-hybridized carbons (Fsp3) is 0.118. The summed E-state index contributed by atoms with van der Waals surface area (Å²) in [4.78, 5) is 125. The molecule has 0 saturated carbocycles. The van der Waals surface area contributed by atoms with Crippen LogP contribution in [-0.2, 0) is 32.6 Å². The van der Waals surface area contributed by atoms with Gasteiger partial charge < -0.3 is 55.3 Å². The van der Waals surface area contributed by atoms with E-state index >= 15 is 0 Å². The van der Waals surface area contributed by atoms with Gasteiger partial charge in [-0.2, -0.15) is 0 Å². The number of carboxylic acids is 5. The van der Waals surface area contributed by atoms with Crippen LogP contribution < -0.4 is 15.5 Å². The lowest BCUT2D eigenvalue weighted by Gasteiger charge is -2.16. The summed E-state index contributed by atoms with van der Waals surface area (Å²) in [6, 6.07) is 48.1. The zero-order chi connectivity index (χ0) is 76.4. The Bertz CT molecular complexity index is 4910. The Balaban J connectivity index is 0.000000262. The fourth-order valence-corrected chi connectivity index (χ4v) is 10.9. The number of hydrogen-bond donors (Lipinski definition) is 6. The van der Waals surface area contributed by atoms with Gasteiger partial charge in [0.15, 0.2) is 17.1 Å². The summed E-state index contributed by atoms with van der Waals surface area (Å²) in [5.74, 6) is -6.47. The van der Waals surface area contributed by atoms with Gasteiger partial charge in [0, 0.05) is 43.9 Å². The number of aromatic carboxylic acids is 5. The molecule has 103 heavy (non-hydrogen) atoms. The molecule has 11 rings (SSSR count). The van der Waals surface area contributed by atoms with E-state index < -0.39 is 29.8 Å². The Morgan fingerprint density at radius 3 is 1.19 bits per heavy atom. The van der Waals surface area contributed by atoms with Crippen LogP contribution >= 0.6 is 47.8 Å². The number of amides is 2. The third-order valence-electron chi connectivity index (χ3n) is 14.6. The predicted molar refractivity (Wildman–Crippen MR) is 395 cm³/mol. The average Bonchev–Trinajstić information content (AvgIpc) is 1.64. The predicted octanol–water partition coefficient (Wildman–Crippen LogP) is 16.8. The molecule has 7 N–H and O–H groups in total. The first-order valence-electron chi connectivity index (χ1n) is 29.8. The highest BCUT2D eigenvalue weighted by molar-refractivity contribution is 9.10. The van der Waals surface area contributed by atoms with E-state index in [2.05, 4.69) is 76.5 Å². The molecule has 0 atom stereocenters. The number of carbonyl (C=O) groups excluding carboxylic acids is 5. The van der Waals surface area contributed by atoms with Crippen LogP contribution in [0.25, 0.3) is 14.5 Å². The Kier molecular flexibility index (Phi) is 30.4. The molecular weight excluding hydrogens is 1520 g/mol. The van der Waals surface area contributed by atoms with Gasteiger partial charge in [0.05, 0.1) is 98.6 Å². The molecule has 0 bridgehead atoms. The first kappa shape index (κ1) is 81.1. The second kappa shape index (κ2) is 38.7. The fourth-order valence-electron chi connectivity index (χ4n) is 9.49. The summed E-state index contributed by atoms with van der Waals surface area (Å²) >= 11 is 9.83. The summed E-state index contributed by atoms with van der Waals surface area (Å²) in [6.07, 6.45) is 0. The van der Waals surface area contributed by atoms with Crippen molar-refractivity contribution in [1.29, 1.82) is 0 Å². The third kappa shape index (κ3) is 22.7. The number of alkyl halides is 1. The number of ether oxygens (including phenoxy) is 3. The van der Waals surface area contributed by atoms with Crippen LogP contribution in [0.5, 0.6) is 0 Å². The van der Waals surface area contributed by atoms with Gasteiger partial charge in [0.1, 0.15) is 0 Å². The monoisotopic (exact) mass is 1590 g/mol. The highest BCUT2D eigenvalue weighted by Crippen LogP contribution is 2.33. The minimum absolute atomic E-state index is 0. The van der Waals surface area contributed by atoms with Gasteiger partial charge in [-0.25, -0.2) is 52.9 Å². The van der Waals surface area contributed by atoms with Gasteiger partial charge in [-0.15, -0.1) is 0 Å². The quantitative estimate of drug-likeness (QED) is 0.0230.